The van der Waals surface area contributed by atoms with Gasteiger partial charge in [-0.05, 0) is 32.9 Å². The zero-order valence-corrected chi connectivity index (χ0v) is 19.5. The Bertz CT molecular complexity index is 779. The van der Waals surface area contributed by atoms with Gasteiger partial charge >= 0.3 is 11.9 Å². The summed E-state index contributed by atoms with van der Waals surface area (Å²) in [6.45, 7) is 6.20. The maximum atomic E-state index is 12.5. The van der Waals surface area contributed by atoms with Crippen LogP contribution >= 0.6 is 11.3 Å². The highest BCUT2D eigenvalue weighted by molar-refractivity contribution is 7.18. The van der Waals surface area contributed by atoms with E-state index < -0.39 is 17.8 Å². The van der Waals surface area contributed by atoms with E-state index in [4.69, 9.17) is 14.2 Å². The Hall–Kier alpha value is -2.50. The summed E-state index contributed by atoms with van der Waals surface area (Å²) < 4.78 is 15.1. The van der Waals surface area contributed by atoms with Crippen molar-refractivity contribution in [1.29, 1.82) is 0 Å². The average molecular weight is 458 g/mol. The molecule has 0 spiro atoms. The molecule has 1 aromatic rings. The lowest BCUT2D eigenvalue weighted by molar-refractivity contribution is -0.122. The van der Waals surface area contributed by atoms with E-state index in [1.807, 2.05) is 6.92 Å². The van der Waals surface area contributed by atoms with Crippen LogP contribution in [0.25, 0.3) is 0 Å². The van der Waals surface area contributed by atoms with Gasteiger partial charge in [-0.1, -0.05) is 6.92 Å². The summed E-state index contributed by atoms with van der Waals surface area (Å²) in [6, 6.07) is 0. The molecule has 0 atom stereocenters. The summed E-state index contributed by atoms with van der Waals surface area (Å²) >= 11 is 0.941. The number of anilines is 1. The summed E-state index contributed by atoms with van der Waals surface area (Å²) in [4.78, 5) is 50.8. The number of carbonyl (C=O) groups excluding carboxylic acids is 4. The van der Waals surface area contributed by atoms with Crippen LogP contribution in [0.4, 0.5) is 5.00 Å². The zero-order valence-electron chi connectivity index (χ0n) is 18.7. The lowest BCUT2D eigenvalue weighted by Gasteiger charge is -2.15. The molecule has 0 bridgehead atoms. The predicted molar refractivity (Wildman–Crippen MR) is 117 cm³/mol. The normalized spacial score (nSPS) is 10.6. The van der Waals surface area contributed by atoms with Gasteiger partial charge in [0.1, 0.15) is 16.5 Å². The molecule has 0 unspecified atom stereocenters. The minimum absolute atomic E-state index is 0.0543. The Labute approximate surface area is 186 Å². The summed E-state index contributed by atoms with van der Waals surface area (Å²) in [7, 11) is 3.12. The first kappa shape index (κ1) is 26.5. The molecule has 0 radical (unpaired) electrons. The van der Waals surface area contributed by atoms with Crippen LogP contribution in [0.2, 0.25) is 0 Å². The van der Waals surface area contributed by atoms with Gasteiger partial charge in [0.25, 0.3) is 0 Å². The molecule has 0 aliphatic carbocycles. The van der Waals surface area contributed by atoms with E-state index in [2.05, 4.69) is 10.6 Å². The van der Waals surface area contributed by atoms with Crippen molar-refractivity contribution in [2.45, 2.75) is 27.2 Å². The van der Waals surface area contributed by atoms with Crippen LogP contribution in [0.5, 0.6) is 0 Å². The fraction of sp³-hybridized carbons (Fsp3) is 0.600. The monoisotopic (exact) mass is 457 g/mol. The highest BCUT2D eigenvalue weighted by Gasteiger charge is 2.27. The van der Waals surface area contributed by atoms with Gasteiger partial charge in [0.15, 0.2) is 0 Å². The van der Waals surface area contributed by atoms with E-state index in [1.165, 1.54) is 7.11 Å². The summed E-state index contributed by atoms with van der Waals surface area (Å²) in [5.74, 6) is -1.88. The molecule has 1 rings (SSSR count). The Kier molecular flexibility index (Phi) is 11.8. The highest BCUT2D eigenvalue weighted by atomic mass is 32.1. The van der Waals surface area contributed by atoms with Gasteiger partial charge in [-0.15, -0.1) is 11.3 Å². The molecular weight excluding hydrogens is 426 g/mol. The number of esters is 2. The van der Waals surface area contributed by atoms with E-state index in [1.54, 1.807) is 25.8 Å². The fourth-order valence-corrected chi connectivity index (χ4v) is 3.67. The third-order valence-corrected chi connectivity index (χ3v) is 5.17. The number of ether oxygens (including phenoxy) is 3. The van der Waals surface area contributed by atoms with Gasteiger partial charge in [-0.3, -0.25) is 14.5 Å². The molecule has 1 aromatic heterocycles. The van der Waals surface area contributed by atoms with Gasteiger partial charge in [0.2, 0.25) is 11.8 Å². The van der Waals surface area contributed by atoms with Crippen LogP contribution < -0.4 is 10.6 Å². The molecule has 0 aliphatic heterocycles. The Morgan fingerprint density at radius 2 is 1.68 bits per heavy atom. The number of likely N-dealkylation sites (N-methyl/N-ethyl adjacent to an activating group) is 1. The minimum atomic E-state index is -0.644. The number of rotatable bonds is 13. The average Bonchev–Trinajstić information content (AvgIpc) is 3.02. The lowest BCUT2D eigenvalue weighted by Crippen LogP contribution is -2.39. The van der Waals surface area contributed by atoms with Crippen molar-refractivity contribution in [2.24, 2.45) is 0 Å². The van der Waals surface area contributed by atoms with E-state index in [-0.39, 0.29) is 54.3 Å². The van der Waals surface area contributed by atoms with E-state index in [9.17, 15) is 19.2 Å². The van der Waals surface area contributed by atoms with Crippen LogP contribution in [0, 0.1) is 6.92 Å². The lowest BCUT2D eigenvalue weighted by atomic mass is 10.1. The minimum Gasteiger partial charge on any atom is -0.462 e. The molecule has 0 fully saturated rings. The quantitative estimate of drug-likeness (QED) is 0.337. The molecule has 1 heterocycles. The predicted octanol–water partition coefficient (Wildman–Crippen LogP) is 1.43. The molecule has 10 nitrogen and oxygen atoms in total. The van der Waals surface area contributed by atoms with Crippen LogP contribution in [0.3, 0.4) is 0 Å². The van der Waals surface area contributed by atoms with Crippen molar-refractivity contribution in [1.82, 2.24) is 10.2 Å². The van der Waals surface area contributed by atoms with E-state index >= 15 is 0 Å². The molecule has 31 heavy (non-hydrogen) atoms. The Balaban J connectivity index is 2.94. The van der Waals surface area contributed by atoms with Crippen LogP contribution in [-0.4, -0.2) is 82.3 Å². The smallest absolute Gasteiger partial charge is 0.348 e. The third-order valence-electron chi connectivity index (χ3n) is 3.98. The van der Waals surface area contributed by atoms with Gasteiger partial charge in [-0.2, -0.15) is 0 Å². The summed E-state index contributed by atoms with van der Waals surface area (Å²) in [5, 5.41) is 5.59. The first-order valence-corrected chi connectivity index (χ1v) is 10.8. The maximum Gasteiger partial charge on any atom is 0.348 e. The van der Waals surface area contributed by atoms with Crippen molar-refractivity contribution in [3.63, 3.8) is 0 Å². The second-order valence-corrected chi connectivity index (χ2v) is 7.70. The standard InChI is InChI=1S/C20H31N3O7S/c1-6-8-21-14(24)11-23(4)12-15(25)22-18-16(19(26)29-7-2)13(3)17(31-18)20(27)30-10-9-28-5/h6-12H2,1-5H3,(H,21,24)(H,22,25). The highest BCUT2D eigenvalue weighted by Crippen LogP contribution is 2.34. The largest absolute Gasteiger partial charge is 0.462 e. The number of hydrogen-bond acceptors (Lipinski definition) is 9. The van der Waals surface area contributed by atoms with Crippen molar-refractivity contribution >= 4 is 40.1 Å². The molecule has 11 heteroatoms. The number of methoxy groups -OCH3 is 1. The third kappa shape index (κ3) is 8.64. The SMILES string of the molecule is CCCNC(=O)CN(C)CC(=O)Nc1sc(C(=O)OCCOC)c(C)c1C(=O)OCC. The number of carbonyl (C=O) groups is 4. The van der Waals surface area contributed by atoms with Crippen molar-refractivity contribution in [2.75, 3.05) is 58.9 Å². The van der Waals surface area contributed by atoms with E-state index in [0.717, 1.165) is 17.8 Å². The summed E-state index contributed by atoms with van der Waals surface area (Å²) in [6.07, 6.45) is 0.820. The molecule has 2 amide bonds. The second kappa shape index (κ2) is 13.7. The van der Waals surface area contributed by atoms with Gasteiger partial charge in [0.05, 0.1) is 31.9 Å². The van der Waals surface area contributed by atoms with Crippen molar-refractivity contribution in [3.05, 3.63) is 16.0 Å². The van der Waals surface area contributed by atoms with Gasteiger partial charge in [-0.25, -0.2) is 9.59 Å². The van der Waals surface area contributed by atoms with Gasteiger partial charge in [0, 0.05) is 13.7 Å². The molecular formula is C20H31N3O7S. The second-order valence-electron chi connectivity index (χ2n) is 6.68. The number of hydrogen-bond donors (Lipinski definition) is 2. The van der Waals surface area contributed by atoms with Crippen LogP contribution in [0.15, 0.2) is 0 Å². The number of nitrogens with one attached hydrogen (secondary N) is 2. The topological polar surface area (TPSA) is 123 Å². The Morgan fingerprint density at radius 3 is 2.29 bits per heavy atom. The molecule has 0 saturated heterocycles. The first-order chi connectivity index (χ1) is 14.7. The molecule has 174 valence electrons. The maximum absolute atomic E-state index is 12.5. The van der Waals surface area contributed by atoms with Crippen molar-refractivity contribution in [3.8, 4) is 0 Å². The summed E-state index contributed by atoms with van der Waals surface area (Å²) in [5.41, 5.74) is 0.482. The number of nitrogens with zero attached hydrogens (tertiary/aromatic N) is 1. The molecule has 0 saturated carbocycles. The van der Waals surface area contributed by atoms with Crippen LogP contribution in [0.1, 0.15) is 45.9 Å². The van der Waals surface area contributed by atoms with Crippen LogP contribution in [-0.2, 0) is 23.8 Å². The molecule has 2 N–H and O–H groups in total. The fourth-order valence-electron chi connectivity index (χ4n) is 2.56. The number of amides is 2. The first-order valence-electron chi connectivity index (χ1n) is 9.96. The Morgan fingerprint density at radius 1 is 1.00 bits per heavy atom. The van der Waals surface area contributed by atoms with Crippen molar-refractivity contribution < 1.29 is 33.4 Å². The molecule has 0 aliphatic rings. The zero-order chi connectivity index (χ0) is 23.4. The number of thiophene rings is 1. The molecule has 0 aromatic carbocycles. The van der Waals surface area contributed by atoms with E-state index in [0.29, 0.717) is 12.1 Å². The van der Waals surface area contributed by atoms with Gasteiger partial charge < -0.3 is 24.8 Å².